The lowest BCUT2D eigenvalue weighted by Crippen LogP contribution is -2.37. The maximum absolute atomic E-state index is 9.35. The van der Waals surface area contributed by atoms with Crippen LogP contribution in [0.3, 0.4) is 0 Å². The Morgan fingerprint density at radius 1 is 1.58 bits per heavy atom. The van der Waals surface area contributed by atoms with Crippen LogP contribution in [0, 0.1) is 10.8 Å². The Morgan fingerprint density at radius 3 is 2.50 bits per heavy atom. The van der Waals surface area contributed by atoms with Gasteiger partial charge in [0.1, 0.15) is 0 Å². The molecule has 0 radical (unpaired) electrons. The molecule has 70 valence electrons. The zero-order chi connectivity index (χ0) is 9.41. The van der Waals surface area contributed by atoms with Gasteiger partial charge in [0, 0.05) is 22.8 Å². The van der Waals surface area contributed by atoms with E-state index in [-0.39, 0.29) is 17.4 Å². The van der Waals surface area contributed by atoms with Crippen LogP contribution in [0.4, 0.5) is 0 Å². The van der Waals surface area contributed by atoms with Crippen LogP contribution in [0.1, 0.15) is 26.7 Å². The topological polar surface area (TPSA) is 20.2 Å². The van der Waals surface area contributed by atoms with Gasteiger partial charge in [-0.3, -0.25) is 0 Å². The van der Waals surface area contributed by atoms with E-state index >= 15 is 0 Å². The first-order valence-electron chi connectivity index (χ1n) is 4.35. The quantitative estimate of drug-likeness (QED) is 0.574. The molecule has 0 bridgehead atoms. The van der Waals surface area contributed by atoms with Crippen LogP contribution in [0.5, 0.6) is 0 Å². The van der Waals surface area contributed by atoms with Crippen molar-refractivity contribution >= 4 is 15.9 Å². The van der Waals surface area contributed by atoms with Crippen molar-refractivity contribution in [2.45, 2.75) is 26.7 Å². The van der Waals surface area contributed by atoms with E-state index in [4.69, 9.17) is 0 Å². The van der Waals surface area contributed by atoms with E-state index in [0.29, 0.717) is 0 Å². The monoisotopic (exact) mass is 232 g/mol. The molecule has 1 saturated carbocycles. The highest BCUT2D eigenvalue weighted by Gasteiger charge is 2.49. The Morgan fingerprint density at radius 2 is 2.17 bits per heavy atom. The molecule has 1 aliphatic carbocycles. The molecule has 0 aliphatic heterocycles. The average molecular weight is 233 g/mol. The van der Waals surface area contributed by atoms with Crippen molar-refractivity contribution < 1.29 is 5.11 Å². The zero-order valence-electron chi connectivity index (χ0n) is 7.86. The summed E-state index contributed by atoms with van der Waals surface area (Å²) in [6.45, 7) is 8.67. The summed E-state index contributed by atoms with van der Waals surface area (Å²) in [6.07, 6.45) is 2.11. The minimum absolute atomic E-state index is 0.0214. The summed E-state index contributed by atoms with van der Waals surface area (Å²) in [5.74, 6) is 0. The Balaban J connectivity index is 2.99. The number of allylic oxidation sites excluding steroid dienone is 1. The van der Waals surface area contributed by atoms with Gasteiger partial charge < -0.3 is 5.11 Å². The van der Waals surface area contributed by atoms with Crippen molar-refractivity contribution in [1.29, 1.82) is 0 Å². The molecule has 1 aliphatic rings. The first kappa shape index (κ1) is 10.3. The van der Waals surface area contributed by atoms with Gasteiger partial charge in [0.2, 0.25) is 0 Å². The summed E-state index contributed by atoms with van der Waals surface area (Å²) in [5, 5.41) is 10.2. The number of hydrogen-bond donors (Lipinski definition) is 1. The molecule has 1 N–H and O–H groups in total. The van der Waals surface area contributed by atoms with Gasteiger partial charge in [-0.05, 0) is 12.8 Å². The molecule has 12 heavy (non-hydrogen) atoms. The molecule has 1 rings (SSSR count). The fourth-order valence-corrected chi connectivity index (χ4v) is 2.99. The van der Waals surface area contributed by atoms with Crippen molar-refractivity contribution in [3.8, 4) is 0 Å². The SMILES string of the molecule is C=C1CC[C@](C)(CO)[C@]1(C)CBr. The Bertz CT molecular complexity index is 202. The van der Waals surface area contributed by atoms with Gasteiger partial charge in [-0.15, -0.1) is 0 Å². The van der Waals surface area contributed by atoms with E-state index < -0.39 is 0 Å². The maximum Gasteiger partial charge on any atom is 0.0493 e. The molecule has 2 heteroatoms. The van der Waals surface area contributed by atoms with E-state index in [2.05, 4.69) is 36.4 Å². The van der Waals surface area contributed by atoms with E-state index in [0.717, 1.165) is 18.2 Å². The summed E-state index contributed by atoms with van der Waals surface area (Å²) in [7, 11) is 0. The maximum atomic E-state index is 9.35. The number of alkyl halides is 1. The largest absolute Gasteiger partial charge is 0.396 e. The van der Waals surface area contributed by atoms with E-state index in [1.165, 1.54) is 5.57 Å². The molecule has 0 heterocycles. The molecule has 0 unspecified atom stereocenters. The van der Waals surface area contributed by atoms with E-state index in [1.807, 2.05) is 0 Å². The minimum atomic E-state index is 0.0214. The fourth-order valence-electron chi connectivity index (χ4n) is 1.91. The standard InChI is InChI=1S/C10H17BrO/c1-8-4-5-9(2,7-12)10(8,3)6-11/h12H,1,4-7H2,2-3H3/t9-,10-/m1/s1. The van der Waals surface area contributed by atoms with Crippen molar-refractivity contribution in [3.05, 3.63) is 12.2 Å². The number of rotatable bonds is 2. The normalized spacial score (nSPS) is 42.2. The number of hydrogen-bond acceptors (Lipinski definition) is 1. The third kappa shape index (κ3) is 1.16. The number of aliphatic hydroxyl groups excluding tert-OH is 1. The van der Waals surface area contributed by atoms with Crippen molar-refractivity contribution in [1.82, 2.24) is 0 Å². The third-order valence-corrected chi connectivity index (χ3v) is 4.83. The zero-order valence-corrected chi connectivity index (χ0v) is 9.45. The molecular formula is C10H17BrO. The highest BCUT2D eigenvalue weighted by Crippen LogP contribution is 2.55. The van der Waals surface area contributed by atoms with E-state index in [9.17, 15) is 5.11 Å². The van der Waals surface area contributed by atoms with Gasteiger partial charge in [-0.2, -0.15) is 0 Å². The smallest absolute Gasteiger partial charge is 0.0493 e. The molecule has 2 atom stereocenters. The molecular weight excluding hydrogens is 216 g/mol. The van der Waals surface area contributed by atoms with Gasteiger partial charge >= 0.3 is 0 Å². The molecule has 0 aromatic heterocycles. The van der Waals surface area contributed by atoms with Gasteiger partial charge in [0.15, 0.2) is 0 Å². The van der Waals surface area contributed by atoms with Gasteiger partial charge in [0.05, 0.1) is 0 Å². The third-order valence-electron chi connectivity index (χ3n) is 3.71. The van der Waals surface area contributed by atoms with Gasteiger partial charge in [-0.25, -0.2) is 0 Å². The summed E-state index contributed by atoms with van der Waals surface area (Å²) in [4.78, 5) is 0. The molecule has 0 spiro atoms. The highest BCUT2D eigenvalue weighted by molar-refractivity contribution is 9.09. The highest BCUT2D eigenvalue weighted by atomic mass is 79.9. The summed E-state index contributed by atoms with van der Waals surface area (Å²) >= 11 is 3.52. The second kappa shape index (κ2) is 3.15. The Kier molecular flexibility index (Phi) is 2.69. The first-order valence-corrected chi connectivity index (χ1v) is 5.47. The summed E-state index contributed by atoms with van der Waals surface area (Å²) < 4.78 is 0. The Hall–Kier alpha value is 0.180. The second-order valence-corrected chi connectivity index (χ2v) is 4.85. The summed E-state index contributed by atoms with van der Waals surface area (Å²) in [5.41, 5.74) is 1.37. The average Bonchev–Trinajstić information content (AvgIpc) is 2.31. The lowest BCUT2D eigenvalue weighted by atomic mass is 9.68. The number of halogens is 1. The predicted molar refractivity (Wildman–Crippen MR) is 55.5 cm³/mol. The first-order chi connectivity index (χ1) is 5.50. The van der Waals surface area contributed by atoms with Crippen LogP contribution in [-0.4, -0.2) is 17.0 Å². The van der Waals surface area contributed by atoms with Crippen LogP contribution in [0.25, 0.3) is 0 Å². The fraction of sp³-hybridized carbons (Fsp3) is 0.800. The van der Waals surface area contributed by atoms with E-state index in [1.54, 1.807) is 0 Å². The summed E-state index contributed by atoms with van der Waals surface area (Å²) in [6, 6.07) is 0. The Labute approximate surface area is 83.0 Å². The van der Waals surface area contributed by atoms with Crippen molar-refractivity contribution in [2.24, 2.45) is 10.8 Å². The van der Waals surface area contributed by atoms with Crippen molar-refractivity contribution in [2.75, 3.05) is 11.9 Å². The van der Waals surface area contributed by atoms with Crippen LogP contribution in [-0.2, 0) is 0 Å². The molecule has 0 aromatic carbocycles. The lowest BCUT2D eigenvalue weighted by Gasteiger charge is -2.39. The van der Waals surface area contributed by atoms with Crippen LogP contribution in [0.2, 0.25) is 0 Å². The van der Waals surface area contributed by atoms with Crippen LogP contribution < -0.4 is 0 Å². The molecule has 0 amide bonds. The van der Waals surface area contributed by atoms with Gasteiger partial charge in [-0.1, -0.05) is 41.9 Å². The predicted octanol–water partition coefficient (Wildman–Crippen LogP) is 2.74. The number of aliphatic hydroxyl groups is 1. The second-order valence-electron chi connectivity index (χ2n) is 4.29. The molecule has 0 aromatic rings. The molecule has 1 nitrogen and oxygen atoms in total. The minimum Gasteiger partial charge on any atom is -0.396 e. The molecule has 1 fully saturated rings. The molecule has 0 saturated heterocycles. The lowest BCUT2D eigenvalue weighted by molar-refractivity contribution is 0.0690. The van der Waals surface area contributed by atoms with Crippen LogP contribution in [0.15, 0.2) is 12.2 Å². The van der Waals surface area contributed by atoms with Crippen molar-refractivity contribution in [3.63, 3.8) is 0 Å². The van der Waals surface area contributed by atoms with Gasteiger partial charge in [0.25, 0.3) is 0 Å². The van der Waals surface area contributed by atoms with Crippen LogP contribution >= 0.6 is 15.9 Å².